The lowest BCUT2D eigenvalue weighted by Crippen LogP contribution is -1.94. The van der Waals surface area contributed by atoms with Gasteiger partial charge < -0.3 is 0 Å². The number of hydrogen-bond acceptors (Lipinski definition) is 4. The van der Waals surface area contributed by atoms with Crippen molar-refractivity contribution in [1.82, 2.24) is 20.2 Å². The van der Waals surface area contributed by atoms with Gasteiger partial charge >= 0.3 is 0 Å². The third kappa shape index (κ3) is 2.01. The zero-order valence-corrected chi connectivity index (χ0v) is 6.01. The van der Waals surface area contributed by atoms with Crippen LogP contribution in [0, 0.1) is 0 Å². The molecule has 0 aliphatic rings. The van der Waals surface area contributed by atoms with Crippen molar-refractivity contribution in [3.63, 3.8) is 0 Å². The molecule has 0 amide bonds. The maximum absolute atomic E-state index is 3.69. The van der Waals surface area contributed by atoms with E-state index in [9.17, 15) is 0 Å². The summed E-state index contributed by atoms with van der Waals surface area (Å²) in [6.45, 7) is 2.11. The Kier molecular flexibility index (Phi) is 2.50. The van der Waals surface area contributed by atoms with Crippen LogP contribution in [0.4, 0.5) is 0 Å². The molecule has 0 aliphatic carbocycles. The Hall–Kier alpha value is -0.580. The van der Waals surface area contributed by atoms with Crippen LogP contribution in [0.15, 0.2) is 6.33 Å². The van der Waals surface area contributed by atoms with Gasteiger partial charge in [-0.15, -0.1) is 16.9 Å². The van der Waals surface area contributed by atoms with E-state index in [1.807, 2.05) is 0 Å². The van der Waals surface area contributed by atoms with Gasteiger partial charge in [0.25, 0.3) is 0 Å². The molecular formula is C4H8N4S. The molecule has 1 rings (SSSR count). The van der Waals surface area contributed by atoms with Crippen molar-refractivity contribution >= 4 is 11.8 Å². The first kappa shape index (κ1) is 6.54. The molecule has 9 heavy (non-hydrogen) atoms. The highest BCUT2D eigenvalue weighted by Gasteiger charge is 1.88. The standard InChI is InChI=1S/C4H8N4S/c1-2-9-4-8-3-5-6-7-8/h3H,2,4H2,1H3. The number of thioether (sulfide) groups is 1. The second-order valence-electron chi connectivity index (χ2n) is 1.47. The molecule has 4 nitrogen and oxygen atoms in total. The molecule has 5 heteroatoms. The number of aromatic nitrogens is 4. The van der Waals surface area contributed by atoms with E-state index >= 15 is 0 Å². The van der Waals surface area contributed by atoms with Crippen LogP contribution in [0.1, 0.15) is 6.92 Å². The minimum Gasteiger partial charge on any atom is -0.223 e. The van der Waals surface area contributed by atoms with E-state index in [-0.39, 0.29) is 0 Å². The van der Waals surface area contributed by atoms with E-state index < -0.39 is 0 Å². The van der Waals surface area contributed by atoms with Crippen molar-refractivity contribution in [2.45, 2.75) is 12.8 Å². The van der Waals surface area contributed by atoms with E-state index in [0.717, 1.165) is 11.6 Å². The lowest BCUT2D eigenvalue weighted by molar-refractivity contribution is 0.698. The molecule has 1 aromatic heterocycles. The molecule has 0 atom stereocenters. The lowest BCUT2D eigenvalue weighted by Gasteiger charge is -1.93. The van der Waals surface area contributed by atoms with Gasteiger partial charge in [-0.3, -0.25) is 0 Å². The summed E-state index contributed by atoms with van der Waals surface area (Å²) >= 11 is 1.79. The molecule has 0 saturated carbocycles. The van der Waals surface area contributed by atoms with Crippen LogP contribution < -0.4 is 0 Å². The molecule has 0 aromatic carbocycles. The predicted octanol–water partition coefficient (Wildman–Crippen LogP) is 0.384. The van der Waals surface area contributed by atoms with Crippen LogP contribution in [0.3, 0.4) is 0 Å². The maximum atomic E-state index is 3.69. The predicted molar refractivity (Wildman–Crippen MR) is 35.9 cm³/mol. The van der Waals surface area contributed by atoms with Gasteiger partial charge in [0, 0.05) is 0 Å². The molecule has 0 bridgehead atoms. The largest absolute Gasteiger partial charge is 0.223 e. The highest BCUT2D eigenvalue weighted by molar-refractivity contribution is 7.98. The summed E-state index contributed by atoms with van der Waals surface area (Å²) < 4.78 is 1.70. The Morgan fingerprint density at radius 3 is 3.11 bits per heavy atom. The summed E-state index contributed by atoms with van der Waals surface area (Å²) in [5.41, 5.74) is 0. The summed E-state index contributed by atoms with van der Waals surface area (Å²) in [5.74, 6) is 1.95. The molecule has 50 valence electrons. The first-order valence-electron chi connectivity index (χ1n) is 2.72. The van der Waals surface area contributed by atoms with E-state index in [2.05, 4.69) is 22.4 Å². The minimum atomic E-state index is 0.851. The molecule has 0 N–H and O–H groups in total. The molecule has 0 aliphatic heterocycles. The third-order valence-electron chi connectivity index (χ3n) is 0.819. The van der Waals surface area contributed by atoms with Crippen molar-refractivity contribution < 1.29 is 0 Å². The number of rotatable bonds is 3. The van der Waals surface area contributed by atoms with Gasteiger partial charge in [0.1, 0.15) is 6.33 Å². The smallest absolute Gasteiger partial charge is 0.139 e. The monoisotopic (exact) mass is 144 g/mol. The summed E-state index contributed by atoms with van der Waals surface area (Å²) in [5, 5.41) is 10.7. The first-order chi connectivity index (χ1) is 4.43. The van der Waals surface area contributed by atoms with E-state index in [1.54, 1.807) is 22.8 Å². The number of tetrazole rings is 1. The Balaban J connectivity index is 2.30. The maximum Gasteiger partial charge on any atom is 0.139 e. The van der Waals surface area contributed by atoms with E-state index in [0.29, 0.717) is 0 Å². The average molecular weight is 144 g/mol. The third-order valence-corrected chi connectivity index (χ3v) is 1.67. The molecular weight excluding hydrogens is 136 g/mol. The van der Waals surface area contributed by atoms with Crippen LogP contribution >= 0.6 is 11.8 Å². The van der Waals surface area contributed by atoms with Crippen LogP contribution in [-0.2, 0) is 5.88 Å². The molecule has 0 fully saturated rings. The highest BCUT2D eigenvalue weighted by Crippen LogP contribution is 1.99. The van der Waals surface area contributed by atoms with Crippen molar-refractivity contribution in [2.75, 3.05) is 5.75 Å². The minimum absolute atomic E-state index is 0.851. The molecule has 0 unspecified atom stereocenters. The average Bonchev–Trinajstić information content (AvgIpc) is 2.34. The number of nitrogens with zero attached hydrogens (tertiary/aromatic N) is 4. The Morgan fingerprint density at radius 2 is 2.56 bits per heavy atom. The van der Waals surface area contributed by atoms with Crippen LogP contribution in [0.2, 0.25) is 0 Å². The van der Waals surface area contributed by atoms with Gasteiger partial charge in [-0.25, -0.2) is 4.68 Å². The van der Waals surface area contributed by atoms with Crippen molar-refractivity contribution in [2.24, 2.45) is 0 Å². The van der Waals surface area contributed by atoms with Crippen molar-refractivity contribution in [3.05, 3.63) is 6.33 Å². The fourth-order valence-electron chi connectivity index (χ4n) is 0.424. The molecule has 0 spiro atoms. The van der Waals surface area contributed by atoms with E-state index in [4.69, 9.17) is 0 Å². The second kappa shape index (κ2) is 3.45. The zero-order valence-electron chi connectivity index (χ0n) is 5.19. The summed E-state index contributed by atoms with van der Waals surface area (Å²) in [7, 11) is 0. The second-order valence-corrected chi connectivity index (χ2v) is 2.71. The fourth-order valence-corrected chi connectivity index (χ4v) is 0.912. The molecule has 0 radical (unpaired) electrons. The summed E-state index contributed by atoms with van der Waals surface area (Å²) in [6, 6.07) is 0. The van der Waals surface area contributed by atoms with Gasteiger partial charge in [-0.1, -0.05) is 6.92 Å². The molecule has 1 heterocycles. The zero-order chi connectivity index (χ0) is 6.53. The van der Waals surface area contributed by atoms with Crippen LogP contribution in [-0.4, -0.2) is 26.0 Å². The molecule has 1 aromatic rings. The summed E-state index contributed by atoms with van der Waals surface area (Å²) in [4.78, 5) is 0. The van der Waals surface area contributed by atoms with Gasteiger partial charge in [0.2, 0.25) is 0 Å². The first-order valence-corrected chi connectivity index (χ1v) is 3.87. The van der Waals surface area contributed by atoms with E-state index in [1.165, 1.54) is 0 Å². The van der Waals surface area contributed by atoms with Gasteiger partial charge in [-0.2, -0.15) is 0 Å². The highest BCUT2D eigenvalue weighted by atomic mass is 32.2. The van der Waals surface area contributed by atoms with Gasteiger partial charge in [0.15, 0.2) is 0 Å². The van der Waals surface area contributed by atoms with Gasteiger partial charge in [0.05, 0.1) is 5.88 Å². The topological polar surface area (TPSA) is 43.6 Å². The van der Waals surface area contributed by atoms with Gasteiger partial charge in [-0.05, 0) is 16.2 Å². The van der Waals surface area contributed by atoms with Crippen molar-refractivity contribution in [3.8, 4) is 0 Å². The van der Waals surface area contributed by atoms with Crippen LogP contribution in [0.25, 0.3) is 0 Å². The molecule has 0 saturated heterocycles. The summed E-state index contributed by atoms with van der Waals surface area (Å²) in [6.07, 6.45) is 1.61. The number of hydrogen-bond donors (Lipinski definition) is 0. The Morgan fingerprint density at radius 1 is 1.67 bits per heavy atom. The lowest BCUT2D eigenvalue weighted by atomic mass is 11.0. The Bertz CT molecular complexity index is 150. The van der Waals surface area contributed by atoms with Crippen LogP contribution in [0.5, 0.6) is 0 Å². The quantitative estimate of drug-likeness (QED) is 0.615. The SMILES string of the molecule is CCSCn1cnnn1. The Labute approximate surface area is 57.6 Å². The van der Waals surface area contributed by atoms with Crippen molar-refractivity contribution in [1.29, 1.82) is 0 Å². The normalized spacial score (nSPS) is 9.89. The fraction of sp³-hybridized carbons (Fsp3) is 0.750.